The molecule has 8 heteroatoms. The van der Waals surface area contributed by atoms with Gasteiger partial charge in [-0.25, -0.2) is 5.43 Å². The van der Waals surface area contributed by atoms with Crippen molar-refractivity contribution < 1.29 is 23.8 Å². The Bertz CT molecular complexity index is 905. The normalized spacial score (nSPS) is 16.0. The number of rotatable bonds is 8. The van der Waals surface area contributed by atoms with Crippen LogP contribution in [0.15, 0.2) is 47.6 Å². The second-order valence-corrected chi connectivity index (χ2v) is 6.85. The van der Waals surface area contributed by atoms with E-state index in [0.717, 1.165) is 5.56 Å². The number of hydrogen-bond acceptors (Lipinski definition) is 6. The van der Waals surface area contributed by atoms with E-state index < -0.39 is 5.92 Å². The summed E-state index contributed by atoms with van der Waals surface area (Å²) in [6, 6.07) is 13.1. The van der Waals surface area contributed by atoms with Gasteiger partial charge in [0.15, 0.2) is 11.5 Å². The molecule has 1 aliphatic heterocycles. The van der Waals surface area contributed by atoms with Crippen molar-refractivity contribution in [1.82, 2.24) is 10.3 Å². The summed E-state index contributed by atoms with van der Waals surface area (Å²) in [5.41, 5.74) is 4.22. The largest absolute Gasteiger partial charge is 0.493 e. The number of benzene rings is 2. The third kappa shape index (κ3) is 4.89. The highest BCUT2D eigenvalue weighted by Gasteiger charge is 2.34. The highest BCUT2D eigenvalue weighted by atomic mass is 16.5. The van der Waals surface area contributed by atoms with Crippen molar-refractivity contribution in [2.75, 3.05) is 27.9 Å². The number of carbonyl (C=O) groups is 2. The van der Waals surface area contributed by atoms with Gasteiger partial charge in [0, 0.05) is 25.1 Å². The molecule has 0 spiro atoms. The molecule has 0 saturated carbocycles. The van der Waals surface area contributed by atoms with Crippen molar-refractivity contribution in [3.05, 3.63) is 53.6 Å². The second-order valence-electron chi connectivity index (χ2n) is 6.85. The van der Waals surface area contributed by atoms with Gasteiger partial charge in [-0.3, -0.25) is 9.59 Å². The Morgan fingerprint density at radius 1 is 1.13 bits per heavy atom. The van der Waals surface area contributed by atoms with Gasteiger partial charge in [-0.15, -0.1) is 0 Å². The van der Waals surface area contributed by atoms with Gasteiger partial charge in [-0.05, 0) is 17.7 Å². The molecule has 30 heavy (non-hydrogen) atoms. The topological polar surface area (TPSA) is 89.5 Å². The molecular formula is C22H25N3O5. The third-order valence-electron chi connectivity index (χ3n) is 4.88. The lowest BCUT2D eigenvalue weighted by Gasteiger charge is -2.16. The van der Waals surface area contributed by atoms with Crippen molar-refractivity contribution >= 4 is 18.0 Å². The molecule has 0 aliphatic carbocycles. The maximum Gasteiger partial charge on any atom is 0.245 e. The molecule has 1 N–H and O–H groups in total. The highest BCUT2D eigenvalue weighted by molar-refractivity contribution is 5.90. The highest BCUT2D eigenvalue weighted by Crippen LogP contribution is 2.37. The summed E-state index contributed by atoms with van der Waals surface area (Å²) < 4.78 is 15.9. The van der Waals surface area contributed by atoms with E-state index in [9.17, 15) is 9.59 Å². The van der Waals surface area contributed by atoms with E-state index >= 15 is 0 Å². The van der Waals surface area contributed by atoms with Gasteiger partial charge in [0.2, 0.25) is 17.6 Å². The van der Waals surface area contributed by atoms with Crippen LogP contribution >= 0.6 is 0 Å². The van der Waals surface area contributed by atoms with Gasteiger partial charge in [0.05, 0.1) is 33.5 Å². The van der Waals surface area contributed by atoms with Gasteiger partial charge in [-0.1, -0.05) is 30.3 Å². The number of hydrazone groups is 1. The fourth-order valence-corrected chi connectivity index (χ4v) is 3.34. The van der Waals surface area contributed by atoms with Gasteiger partial charge in [0.1, 0.15) is 0 Å². The maximum atomic E-state index is 12.5. The number of methoxy groups -OCH3 is 3. The number of nitrogens with one attached hydrogen (secondary N) is 1. The lowest BCUT2D eigenvalue weighted by Crippen LogP contribution is -2.30. The molecule has 1 atom stereocenters. The summed E-state index contributed by atoms with van der Waals surface area (Å²) in [6.07, 6.45) is 1.67. The standard InChI is InChI=1S/C22H25N3O5/c1-28-18-9-16(10-19(29-2)21(18)30-3)12-23-24-22(27)17-11-20(26)25(14-17)13-15-7-5-4-6-8-15/h4-10,12,17H,11,13-14H2,1-3H3,(H,24,27)/b23-12+. The minimum Gasteiger partial charge on any atom is -0.493 e. The number of amides is 2. The average Bonchev–Trinajstić information content (AvgIpc) is 3.13. The molecule has 0 bridgehead atoms. The minimum absolute atomic E-state index is 0.0346. The van der Waals surface area contributed by atoms with Crippen LogP contribution in [0.25, 0.3) is 0 Å². The van der Waals surface area contributed by atoms with Crippen LogP contribution in [-0.2, 0) is 16.1 Å². The SMILES string of the molecule is COc1cc(/C=N/NC(=O)C2CC(=O)N(Cc3ccccc3)C2)cc(OC)c1OC. The van der Waals surface area contributed by atoms with Crippen LogP contribution in [0.4, 0.5) is 0 Å². The first-order valence-corrected chi connectivity index (χ1v) is 9.50. The molecule has 2 amide bonds. The van der Waals surface area contributed by atoms with E-state index in [1.54, 1.807) is 17.0 Å². The second kappa shape index (κ2) is 9.78. The molecule has 8 nitrogen and oxygen atoms in total. The summed E-state index contributed by atoms with van der Waals surface area (Å²) in [4.78, 5) is 26.4. The lowest BCUT2D eigenvalue weighted by molar-refractivity contribution is -0.129. The summed E-state index contributed by atoms with van der Waals surface area (Å²) >= 11 is 0. The first-order valence-electron chi connectivity index (χ1n) is 9.50. The maximum absolute atomic E-state index is 12.5. The number of likely N-dealkylation sites (tertiary alicyclic amines) is 1. The molecule has 0 radical (unpaired) electrons. The van der Waals surface area contributed by atoms with Crippen molar-refractivity contribution in [2.24, 2.45) is 11.0 Å². The van der Waals surface area contributed by atoms with Gasteiger partial charge in [0.25, 0.3) is 0 Å². The van der Waals surface area contributed by atoms with Crippen LogP contribution in [0, 0.1) is 5.92 Å². The third-order valence-corrected chi connectivity index (χ3v) is 4.88. The molecule has 158 valence electrons. The Morgan fingerprint density at radius 2 is 1.80 bits per heavy atom. The van der Waals surface area contributed by atoms with E-state index in [4.69, 9.17) is 14.2 Å². The smallest absolute Gasteiger partial charge is 0.245 e. The number of carbonyl (C=O) groups excluding carboxylic acids is 2. The van der Waals surface area contributed by atoms with E-state index in [1.807, 2.05) is 30.3 Å². The van der Waals surface area contributed by atoms with E-state index in [-0.39, 0.29) is 18.2 Å². The number of nitrogens with zero attached hydrogens (tertiary/aromatic N) is 2. The molecule has 3 rings (SSSR count). The zero-order valence-electron chi connectivity index (χ0n) is 17.3. The van der Waals surface area contributed by atoms with E-state index in [2.05, 4.69) is 10.5 Å². The minimum atomic E-state index is -0.432. The van der Waals surface area contributed by atoms with Crippen molar-refractivity contribution in [3.63, 3.8) is 0 Å². The Kier molecular flexibility index (Phi) is 6.90. The molecule has 0 aromatic heterocycles. The van der Waals surface area contributed by atoms with Crippen molar-refractivity contribution in [2.45, 2.75) is 13.0 Å². The summed E-state index contributed by atoms with van der Waals surface area (Å²) in [5.74, 6) is 0.697. The zero-order chi connectivity index (χ0) is 21.5. The van der Waals surface area contributed by atoms with Crippen LogP contribution in [-0.4, -0.2) is 50.8 Å². The first kappa shape index (κ1) is 21.2. The molecule has 1 fully saturated rings. The molecule has 2 aromatic carbocycles. The first-order chi connectivity index (χ1) is 14.5. The van der Waals surface area contributed by atoms with Gasteiger partial charge >= 0.3 is 0 Å². The van der Waals surface area contributed by atoms with E-state index in [1.165, 1.54) is 27.5 Å². The summed E-state index contributed by atoms with van der Waals surface area (Å²) in [5, 5.41) is 4.02. The van der Waals surface area contributed by atoms with Crippen LogP contribution < -0.4 is 19.6 Å². The van der Waals surface area contributed by atoms with Crippen molar-refractivity contribution in [3.8, 4) is 17.2 Å². The monoisotopic (exact) mass is 411 g/mol. The predicted molar refractivity (Wildman–Crippen MR) is 112 cm³/mol. The van der Waals surface area contributed by atoms with Gasteiger partial charge < -0.3 is 19.1 Å². The van der Waals surface area contributed by atoms with Crippen LogP contribution in [0.3, 0.4) is 0 Å². The molecule has 2 aromatic rings. The number of ether oxygens (including phenoxy) is 3. The zero-order valence-corrected chi connectivity index (χ0v) is 17.3. The fraction of sp³-hybridized carbons (Fsp3) is 0.318. The predicted octanol–water partition coefficient (Wildman–Crippen LogP) is 2.21. The Balaban J connectivity index is 1.60. The quantitative estimate of drug-likeness (QED) is 0.531. The summed E-state index contributed by atoms with van der Waals surface area (Å²) in [6.45, 7) is 0.872. The van der Waals surface area contributed by atoms with Gasteiger partial charge in [-0.2, -0.15) is 5.10 Å². The molecule has 1 saturated heterocycles. The van der Waals surface area contributed by atoms with Crippen LogP contribution in [0.1, 0.15) is 17.5 Å². The van der Waals surface area contributed by atoms with Crippen LogP contribution in [0.2, 0.25) is 0 Å². The Morgan fingerprint density at radius 3 is 2.40 bits per heavy atom. The number of hydrogen-bond donors (Lipinski definition) is 1. The fourth-order valence-electron chi connectivity index (χ4n) is 3.34. The molecule has 1 aliphatic rings. The summed E-state index contributed by atoms with van der Waals surface area (Å²) in [7, 11) is 4.58. The van der Waals surface area contributed by atoms with E-state index in [0.29, 0.717) is 35.9 Å². The molecular weight excluding hydrogens is 386 g/mol. The van der Waals surface area contributed by atoms with Crippen LogP contribution in [0.5, 0.6) is 17.2 Å². The van der Waals surface area contributed by atoms with Crippen molar-refractivity contribution in [1.29, 1.82) is 0 Å². The Labute approximate surface area is 175 Å². The lowest BCUT2D eigenvalue weighted by atomic mass is 10.1. The Hall–Kier alpha value is -3.55. The molecule has 1 heterocycles. The molecule has 1 unspecified atom stereocenters. The average molecular weight is 411 g/mol.